The van der Waals surface area contributed by atoms with Gasteiger partial charge in [0, 0.05) is 6.04 Å². The Kier molecular flexibility index (Phi) is 3.83. The summed E-state index contributed by atoms with van der Waals surface area (Å²) in [5.41, 5.74) is 2.46. The summed E-state index contributed by atoms with van der Waals surface area (Å²) in [6.45, 7) is 3.01. The molecule has 104 valence electrons. The zero-order chi connectivity index (χ0) is 13.9. The molecule has 0 bridgehead atoms. The lowest BCUT2D eigenvalue weighted by atomic mass is 9.98. The van der Waals surface area contributed by atoms with Crippen LogP contribution in [0.15, 0.2) is 54.6 Å². The Morgan fingerprint density at radius 2 is 1.95 bits per heavy atom. The third-order valence-corrected chi connectivity index (χ3v) is 4.13. The Hall–Kier alpha value is -1.67. The van der Waals surface area contributed by atoms with E-state index < -0.39 is 0 Å². The van der Waals surface area contributed by atoms with Gasteiger partial charge in [-0.1, -0.05) is 49.4 Å². The Bertz CT molecular complexity index is 567. The summed E-state index contributed by atoms with van der Waals surface area (Å²) < 4.78 is 13.4. The van der Waals surface area contributed by atoms with Gasteiger partial charge in [-0.3, -0.25) is 0 Å². The molecule has 2 aromatic carbocycles. The molecular formula is C18H20FN. The van der Waals surface area contributed by atoms with E-state index in [9.17, 15) is 4.39 Å². The average Bonchev–Trinajstić information content (AvgIpc) is 3.26. The van der Waals surface area contributed by atoms with Crippen LogP contribution in [0.25, 0.3) is 0 Å². The van der Waals surface area contributed by atoms with Gasteiger partial charge in [0.1, 0.15) is 5.82 Å². The van der Waals surface area contributed by atoms with Gasteiger partial charge in [-0.2, -0.15) is 0 Å². The minimum Gasteiger partial charge on any atom is -0.310 e. The van der Waals surface area contributed by atoms with E-state index >= 15 is 0 Å². The Morgan fingerprint density at radius 3 is 2.65 bits per heavy atom. The molecule has 0 radical (unpaired) electrons. The maximum atomic E-state index is 13.4. The van der Waals surface area contributed by atoms with Crippen molar-refractivity contribution in [2.45, 2.75) is 25.3 Å². The van der Waals surface area contributed by atoms with Gasteiger partial charge in [-0.15, -0.1) is 0 Å². The molecule has 1 aliphatic carbocycles. The summed E-state index contributed by atoms with van der Waals surface area (Å²) >= 11 is 0. The fraction of sp³-hybridized carbons (Fsp3) is 0.333. The molecule has 3 unspecified atom stereocenters. The molecule has 0 aliphatic heterocycles. The normalized spacial score (nSPS) is 22.5. The number of nitrogens with one attached hydrogen (secondary N) is 1. The molecule has 20 heavy (non-hydrogen) atoms. The molecule has 1 N–H and O–H groups in total. The van der Waals surface area contributed by atoms with Crippen molar-refractivity contribution < 1.29 is 4.39 Å². The van der Waals surface area contributed by atoms with Crippen molar-refractivity contribution in [2.75, 3.05) is 6.54 Å². The Labute approximate surface area is 119 Å². The van der Waals surface area contributed by atoms with Crippen molar-refractivity contribution >= 4 is 0 Å². The molecule has 0 spiro atoms. The number of halogens is 1. The van der Waals surface area contributed by atoms with Crippen molar-refractivity contribution in [3.8, 4) is 0 Å². The van der Waals surface area contributed by atoms with Gasteiger partial charge in [0.25, 0.3) is 0 Å². The molecule has 3 rings (SSSR count). The number of rotatable bonds is 5. The van der Waals surface area contributed by atoms with Gasteiger partial charge < -0.3 is 5.32 Å². The van der Waals surface area contributed by atoms with E-state index in [1.807, 2.05) is 6.07 Å². The molecule has 2 heteroatoms. The second-order valence-electron chi connectivity index (χ2n) is 5.51. The largest absolute Gasteiger partial charge is 0.310 e. The quantitative estimate of drug-likeness (QED) is 0.854. The number of hydrogen-bond acceptors (Lipinski definition) is 1. The first-order valence-corrected chi connectivity index (χ1v) is 7.33. The summed E-state index contributed by atoms with van der Waals surface area (Å²) in [6, 6.07) is 17.9. The fourth-order valence-electron chi connectivity index (χ4n) is 3.10. The summed E-state index contributed by atoms with van der Waals surface area (Å²) in [5.74, 6) is 1.02. The molecule has 1 fully saturated rings. The fourth-order valence-corrected chi connectivity index (χ4v) is 3.10. The molecule has 3 atom stereocenters. The molecule has 1 saturated carbocycles. The maximum Gasteiger partial charge on any atom is 0.123 e. The van der Waals surface area contributed by atoms with Gasteiger partial charge in [0.15, 0.2) is 0 Å². The van der Waals surface area contributed by atoms with E-state index in [0.29, 0.717) is 11.8 Å². The molecule has 1 nitrogen and oxygen atoms in total. The van der Waals surface area contributed by atoms with Crippen LogP contribution < -0.4 is 5.32 Å². The Balaban J connectivity index is 1.80. The van der Waals surface area contributed by atoms with E-state index in [-0.39, 0.29) is 11.9 Å². The van der Waals surface area contributed by atoms with Crippen molar-refractivity contribution in [1.82, 2.24) is 5.32 Å². The molecule has 0 saturated heterocycles. The highest BCUT2D eigenvalue weighted by atomic mass is 19.1. The molecular weight excluding hydrogens is 249 g/mol. The lowest BCUT2D eigenvalue weighted by Crippen LogP contribution is -2.23. The first-order valence-electron chi connectivity index (χ1n) is 7.33. The maximum absolute atomic E-state index is 13.4. The lowest BCUT2D eigenvalue weighted by Gasteiger charge is -2.19. The molecule has 0 amide bonds. The topological polar surface area (TPSA) is 12.0 Å². The smallest absolute Gasteiger partial charge is 0.123 e. The minimum absolute atomic E-state index is 0.151. The second-order valence-corrected chi connectivity index (χ2v) is 5.51. The Morgan fingerprint density at radius 1 is 1.15 bits per heavy atom. The lowest BCUT2D eigenvalue weighted by molar-refractivity contribution is 0.483. The average molecular weight is 269 g/mol. The number of benzene rings is 2. The van der Waals surface area contributed by atoms with Crippen molar-refractivity contribution in [1.29, 1.82) is 0 Å². The molecule has 1 aliphatic rings. The van der Waals surface area contributed by atoms with Crippen molar-refractivity contribution in [2.24, 2.45) is 5.92 Å². The van der Waals surface area contributed by atoms with Crippen LogP contribution in [0.4, 0.5) is 4.39 Å². The van der Waals surface area contributed by atoms with Crippen LogP contribution in [0.3, 0.4) is 0 Å². The van der Waals surface area contributed by atoms with Crippen LogP contribution in [-0.2, 0) is 0 Å². The molecule has 0 aromatic heterocycles. The van der Waals surface area contributed by atoms with Crippen LogP contribution in [0.2, 0.25) is 0 Å². The third kappa shape index (κ3) is 2.75. The van der Waals surface area contributed by atoms with Crippen LogP contribution in [0.1, 0.15) is 36.4 Å². The SMILES string of the molecule is CCNC(c1cccc(F)c1)C1CC1c1ccccc1. The minimum atomic E-state index is -0.151. The van der Waals surface area contributed by atoms with Crippen LogP contribution in [0.5, 0.6) is 0 Å². The van der Waals surface area contributed by atoms with E-state index in [0.717, 1.165) is 12.1 Å². The molecule has 2 aromatic rings. The zero-order valence-corrected chi connectivity index (χ0v) is 11.7. The van der Waals surface area contributed by atoms with E-state index in [2.05, 4.69) is 42.6 Å². The monoisotopic (exact) mass is 269 g/mol. The summed E-state index contributed by atoms with van der Waals surface area (Å²) in [7, 11) is 0. The van der Waals surface area contributed by atoms with E-state index in [4.69, 9.17) is 0 Å². The zero-order valence-electron chi connectivity index (χ0n) is 11.7. The van der Waals surface area contributed by atoms with Gasteiger partial charge in [-0.05, 0) is 48.1 Å². The predicted octanol–water partition coefficient (Wildman–Crippen LogP) is 4.28. The predicted molar refractivity (Wildman–Crippen MR) is 80.1 cm³/mol. The van der Waals surface area contributed by atoms with Gasteiger partial charge in [0.05, 0.1) is 0 Å². The van der Waals surface area contributed by atoms with Crippen LogP contribution in [-0.4, -0.2) is 6.54 Å². The standard InChI is InChI=1S/C18H20FN/c1-2-20-18(14-9-6-10-15(19)11-14)17-12-16(17)13-7-4-3-5-8-13/h3-11,16-18,20H,2,12H2,1H3. The summed E-state index contributed by atoms with van der Waals surface area (Å²) in [6.07, 6.45) is 1.18. The highest BCUT2D eigenvalue weighted by Gasteiger charge is 2.43. The molecule has 0 heterocycles. The van der Waals surface area contributed by atoms with Gasteiger partial charge in [-0.25, -0.2) is 4.39 Å². The number of hydrogen-bond donors (Lipinski definition) is 1. The summed E-state index contributed by atoms with van der Waals surface area (Å²) in [4.78, 5) is 0. The highest BCUT2D eigenvalue weighted by Crippen LogP contribution is 2.53. The van der Waals surface area contributed by atoms with E-state index in [1.54, 1.807) is 12.1 Å². The second kappa shape index (κ2) is 5.76. The third-order valence-electron chi connectivity index (χ3n) is 4.13. The van der Waals surface area contributed by atoms with Crippen molar-refractivity contribution in [3.63, 3.8) is 0 Å². The van der Waals surface area contributed by atoms with E-state index in [1.165, 1.54) is 18.1 Å². The van der Waals surface area contributed by atoms with Crippen LogP contribution >= 0.6 is 0 Å². The van der Waals surface area contributed by atoms with Gasteiger partial charge >= 0.3 is 0 Å². The first kappa shape index (κ1) is 13.3. The van der Waals surface area contributed by atoms with Crippen LogP contribution in [0, 0.1) is 11.7 Å². The van der Waals surface area contributed by atoms with Gasteiger partial charge in [0.2, 0.25) is 0 Å². The van der Waals surface area contributed by atoms with Crippen molar-refractivity contribution in [3.05, 3.63) is 71.5 Å². The summed E-state index contributed by atoms with van der Waals surface area (Å²) in [5, 5.41) is 3.52. The first-order chi connectivity index (χ1) is 9.79. The highest BCUT2D eigenvalue weighted by molar-refractivity contribution is 5.30.